The zero-order chi connectivity index (χ0) is 23.2. The summed E-state index contributed by atoms with van der Waals surface area (Å²) in [4.78, 5) is 4.27. The number of rotatable bonds is 3. The van der Waals surface area contributed by atoms with Crippen LogP contribution < -0.4 is 10.4 Å². The molecule has 0 bridgehead atoms. The third-order valence-corrected chi connectivity index (χ3v) is 7.21. The topological polar surface area (TPSA) is 17.8 Å². The lowest BCUT2D eigenvalue weighted by molar-refractivity contribution is 0.922. The van der Waals surface area contributed by atoms with Crippen molar-refractivity contribution in [2.24, 2.45) is 0 Å². The van der Waals surface area contributed by atoms with Crippen molar-refractivity contribution < 1.29 is 0 Å². The third kappa shape index (κ3) is 3.38. The maximum atomic E-state index is 4.27. The van der Waals surface area contributed by atoms with Gasteiger partial charge in [0.15, 0.2) is 0 Å². The molecule has 7 rings (SSSR count). The predicted molar refractivity (Wildman–Crippen MR) is 146 cm³/mol. The van der Waals surface area contributed by atoms with Gasteiger partial charge in [0.2, 0.25) is 0 Å². The van der Waals surface area contributed by atoms with E-state index in [1.807, 2.05) is 18.5 Å². The minimum Gasteiger partial charge on any atom is -0.309 e. The number of hydrogen-bond donors (Lipinski definition) is 0. The first-order chi connectivity index (χ1) is 17.3. The van der Waals surface area contributed by atoms with Crippen LogP contribution in [0.3, 0.4) is 0 Å². The van der Waals surface area contributed by atoms with Crippen LogP contribution >= 0.6 is 0 Å². The van der Waals surface area contributed by atoms with Crippen LogP contribution in [0.2, 0.25) is 0 Å². The molecule has 166 valence electrons. The van der Waals surface area contributed by atoms with Crippen molar-refractivity contribution in [3.8, 4) is 16.8 Å². The highest BCUT2D eigenvalue weighted by Gasteiger charge is 2.16. The van der Waals surface area contributed by atoms with Crippen molar-refractivity contribution >= 4 is 34.0 Å². The molecule has 0 N–H and O–H groups in total. The van der Waals surface area contributed by atoms with Gasteiger partial charge in [-0.1, -0.05) is 84.9 Å². The Labute approximate surface area is 204 Å². The maximum Gasteiger partial charge on any atom is 0.0544 e. The Hall–Kier alpha value is -4.43. The number of fused-ring (bicyclic) bond motifs is 4. The molecule has 0 radical (unpaired) electrons. The molecule has 0 spiro atoms. The number of aromatic nitrogens is 2. The Morgan fingerprint density at radius 1 is 0.657 bits per heavy atom. The molecule has 0 saturated heterocycles. The molecule has 6 aromatic rings. The van der Waals surface area contributed by atoms with Gasteiger partial charge in [0, 0.05) is 34.8 Å². The Morgan fingerprint density at radius 3 is 2.31 bits per heavy atom. The molecule has 2 aromatic heterocycles. The summed E-state index contributed by atoms with van der Waals surface area (Å²) in [5.74, 6) is 0.383. The standard InChI is InChI=1S/C33H24N2/c1-2-7-25-20-26(12-11-23(25)6-1)27-15-18-31-30-9-3-4-10-32(30)35(33(31)21-27)29-16-13-24(14-17-29)28-8-5-19-34-22-28/h1-11,13-22,26H,12H2. The number of nitrogens with zero attached hydrogens (tertiary/aromatic N) is 2. The average molecular weight is 449 g/mol. The predicted octanol–water partition coefficient (Wildman–Crippen LogP) is 6.59. The van der Waals surface area contributed by atoms with Gasteiger partial charge < -0.3 is 4.57 Å². The highest BCUT2D eigenvalue weighted by atomic mass is 15.0. The van der Waals surface area contributed by atoms with Crippen molar-refractivity contribution in [3.05, 3.63) is 132 Å². The second-order valence-corrected chi connectivity index (χ2v) is 9.26. The van der Waals surface area contributed by atoms with Crippen LogP contribution in [0, 0.1) is 0 Å². The first kappa shape index (κ1) is 20.0. The molecule has 0 saturated carbocycles. The molecule has 0 amide bonds. The van der Waals surface area contributed by atoms with Crippen LogP contribution in [0.5, 0.6) is 0 Å². The largest absolute Gasteiger partial charge is 0.309 e. The number of pyridine rings is 1. The van der Waals surface area contributed by atoms with Crippen LogP contribution in [0.25, 0.3) is 50.8 Å². The van der Waals surface area contributed by atoms with Crippen LogP contribution in [0.15, 0.2) is 116 Å². The molecule has 1 atom stereocenters. The average Bonchev–Trinajstić information content (AvgIpc) is 3.27. The highest BCUT2D eigenvalue weighted by Crippen LogP contribution is 2.35. The minimum atomic E-state index is 0.383. The van der Waals surface area contributed by atoms with E-state index in [9.17, 15) is 0 Å². The second-order valence-electron chi connectivity index (χ2n) is 9.26. The van der Waals surface area contributed by atoms with Gasteiger partial charge in [-0.3, -0.25) is 4.98 Å². The zero-order valence-corrected chi connectivity index (χ0v) is 19.3. The molecular formula is C33H24N2. The Bertz CT molecular complexity index is 1810. The fourth-order valence-corrected chi connectivity index (χ4v) is 5.45. The summed E-state index contributed by atoms with van der Waals surface area (Å²) in [6.07, 6.45) is 9.55. The molecule has 0 fully saturated rings. The fraction of sp³-hybridized carbons (Fsp3) is 0.0606. The van der Waals surface area contributed by atoms with E-state index in [2.05, 4.69) is 119 Å². The molecule has 1 unspecified atom stereocenters. The smallest absolute Gasteiger partial charge is 0.0544 e. The van der Waals surface area contributed by atoms with E-state index in [1.54, 1.807) is 0 Å². The van der Waals surface area contributed by atoms with Gasteiger partial charge in [-0.25, -0.2) is 0 Å². The molecule has 35 heavy (non-hydrogen) atoms. The Morgan fingerprint density at radius 2 is 1.46 bits per heavy atom. The summed E-state index contributed by atoms with van der Waals surface area (Å²) in [7, 11) is 0. The summed E-state index contributed by atoms with van der Waals surface area (Å²) in [6, 6.07) is 37.3. The third-order valence-electron chi connectivity index (χ3n) is 7.21. The molecule has 1 aliphatic carbocycles. The van der Waals surface area contributed by atoms with E-state index in [0.717, 1.165) is 12.0 Å². The van der Waals surface area contributed by atoms with E-state index < -0.39 is 0 Å². The van der Waals surface area contributed by atoms with Gasteiger partial charge in [0.25, 0.3) is 0 Å². The van der Waals surface area contributed by atoms with Crippen molar-refractivity contribution in [1.82, 2.24) is 9.55 Å². The van der Waals surface area contributed by atoms with Gasteiger partial charge >= 0.3 is 0 Å². The zero-order valence-electron chi connectivity index (χ0n) is 19.3. The minimum absolute atomic E-state index is 0.383. The lowest BCUT2D eigenvalue weighted by atomic mass is 9.90. The van der Waals surface area contributed by atoms with Gasteiger partial charge in [-0.2, -0.15) is 0 Å². The molecule has 4 aromatic carbocycles. The van der Waals surface area contributed by atoms with E-state index in [0.29, 0.717) is 5.92 Å². The van der Waals surface area contributed by atoms with Gasteiger partial charge in [0.1, 0.15) is 0 Å². The first-order valence-electron chi connectivity index (χ1n) is 12.2. The lowest BCUT2D eigenvalue weighted by Crippen LogP contribution is -2.27. The Kier molecular flexibility index (Phi) is 4.63. The van der Waals surface area contributed by atoms with Crippen molar-refractivity contribution in [2.45, 2.75) is 12.3 Å². The van der Waals surface area contributed by atoms with Crippen LogP contribution in [-0.2, 0) is 0 Å². The molecule has 2 heterocycles. The summed E-state index contributed by atoms with van der Waals surface area (Å²) < 4.78 is 2.40. The van der Waals surface area contributed by atoms with E-state index in [-0.39, 0.29) is 0 Å². The van der Waals surface area contributed by atoms with E-state index >= 15 is 0 Å². The number of para-hydroxylation sites is 1. The molecule has 2 heteroatoms. The fourth-order valence-electron chi connectivity index (χ4n) is 5.45. The summed E-state index contributed by atoms with van der Waals surface area (Å²) in [5.41, 5.74) is 7.33. The molecule has 2 nitrogen and oxygen atoms in total. The SMILES string of the molecule is C1=c2ccccc2=CC(c2ccc3c4ccccc4n(-c4ccc(-c5cccnc5)cc4)c3c2)C1. The van der Waals surface area contributed by atoms with E-state index in [1.165, 1.54) is 49.1 Å². The van der Waals surface area contributed by atoms with Crippen LogP contribution in [-0.4, -0.2) is 9.55 Å². The van der Waals surface area contributed by atoms with Gasteiger partial charge in [0.05, 0.1) is 11.0 Å². The summed E-state index contributed by atoms with van der Waals surface area (Å²) >= 11 is 0. The monoisotopic (exact) mass is 448 g/mol. The van der Waals surface area contributed by atoms with Crippen LogP contribution in [0.1, 0.15) is 17.9 Å². The Balaban J connectivity index is 1.39. The lowest BCUT2D eigenvalue weighted by Gasteiger charge is -2.16. The van der Waals surface area contributed by atoms with Crippen molar-refractivity contribution in [3.63, 3.8) is 0 Å². The maximum absolute atomic E-state index is 4.27. The van der Waals surface area contributed by atoms with Gasteiger partial charge in [-0.05, 0) is 63.9 Å². The summed E-state index contributed by atoms with van der Waals surface area (Å²) in [5, 5.41) is 5.25. The highest BCUT2D eigenvalue weighted by molar-refractivity contribution is 6.09. The van der Waals surface area contributed by atoms with Gasteiger partial charge in [-0.15, -0.1) is 0 Å². The number of hydrogen-bond acceptors (Lipinski definition) is 1. The normalized spacial score (nSPS) is 14.9. The quantitative estimate of drug-likeness (QED) is 0.298. The second kappa shape index (κ2) is 8.11. The molecule has 1 aliphatic rings. The van der Waals surface area contributed by atoms with Crippen molar-refractivity contribution in [1.29, 1.82) is 0 Å². The summed E-state index contributed by atoms with van der Waals surface area (Å²) in [6.45, 7) is 0. The molecular weight excluding hydrogens is 424 g/mol. The number of benzene rings is 4. The van der Waals surface area contributed by atoms with Crippen molar-refractivity contribution in [2.75, 3.05) is 0 Å². The molecule has 0 aliphatic heterocycles. The first-order valence-corrected chi connectivity index (χ1v) is 12.2. The van der Waals surface area contributed by atoms with Crippen LogP contribution in [0.4, 0.5) is 0 Å². The van der Waals surface area contributed by atoms with E-state index in [4.69, 9.17) is 0 Å².